The highest BCUT2D eigenvalue weighted by atomic mass is 35.5. The number of nitrogens with zero attached hydrogens (tertiary/aromatic N) is 1. The molecule has 0 fully saturated rings. The number of halogens is 1. The van der Waals surface area contributed by atoms with Crippen molar-refractivity contribution >= 4 is 34.7 Å². The Morgan fingerprint density at radius 2 is 1.76 bits per heavy atom. The first kappa shape index (κ1) is 17.2. The Balaban J connectivity index is 2.08. The maximum Gasteiger partial charge on any atom is 0.278 e. The molecule has 1 heterocycles. The van der Waals surface area contributed by atoms with Crippen molar-refractivity contribution in [3.8, 4) is 0 Å². The normalized spacial score (nSPS) is 14.4. The zero-order valence-electron chi connectivity index (χ0n) is 14.2. The summed E-state index contributed by atoms with van der Waals surface area (Å²) in [6, 6.07) is 14.7. The number of benzene rings is 2. The van der Waals surface area contributed by atoms with Crippen LogP contribution in [0.25, 0.3) is 5.57 Å². The zero-order valence-corrected chi connectivity index (χ0v) is 14.9. The van der Waals surface area contributed by atoms with Crippen molar-refractivity contribution in [2.45, 2.75) is 20.3 Å². The second-order valence-corrected chi connectivity index (χ2v) is 6.40. The number of anilines is 1. The number of carbonyl (C=O) groups excluding carboxylic acids is 2. The number of hydrogen-bond acceptors (Lipinski definition) is 3. The topological polar surface area (TPSA) is 49.4 Å². The van der Waals surface area contributed by atoms with E-state index in [0.29, 0.717) is 29.3 Å². The van der Waals surface area contributed by atoms with Gasteiger partial charge in [-0.05, 0) is 42.7 Å². The Labute approximate surface area is 152 Å². The maximum absolute atomic E-state index is 12.8. The first-order chi connectivity index (χ1) is 12.0. The molecule has 0 saturated carbocycles. The standard InChI is InChI=1S/C20H19ClN2O2/c1-3-11-23-19(24)17(14-7-5-4-6-8-14)18(20(23)25)22-16-10-9-15(21)12-13(16)2/h4-10,12,22H,3,11H2,1-2H3. The third-order valence-electron chi connectivity index (χ3n) is 4.13. The Kier molecular flexibility index (Phi) is 4.91. The van der Waals surface area contributed by atoms with Gasteiger partial charge in [0.2, 0.25) is 0 Å². The molecule has 0 aromatic heterocycles. The van der Waals surface area contributed by atoms with Crippen LogP contribution in [0.5, 0.6) is 0 Å². The van der Waals surface area contributed by atoms with Crippen LogP contribution in [0.4, 0.5) is 5.69 Å². The van der Waals surface area contributed by atoms with Crippen molar-refractivity contribution in [3.63, 3.8) is 0 Å². The Morgan fingerprint density at radius 1 is 1.04 bits per heavy atom. The highest BCUT2D eigenvalue weighted by Gasteiger charge is 2.38. The number of carbonyl (C=O) groups is 2. The molecule has 25 heavy (non-hydrogen) atoms. The summed E-state index contributed by atoms with van der Waals surface area (Å²) >= 11 is 6.01. The van der Waals surface area contributed by atoms with E-state index >= 15 is 0 Å². The Hall–Kier alpha value is -2.59. The van der Waals surface area contributed by atoms with Gasteiger partial charge in [-0.15, -0.1) is 0 Å². The van der Waals surface area contributed by atoms with Gasteiger partial charge in [0.1, 0.15) is 5.70 Å². The van der Waals surface area contributed by atoms with E-state index in [1.165, 1.54) is 4.90 Å². The van der Waals surface area contributed by atoms with Crippen LogP contribution in [-0.2, 0) is 9.59 Å². The minimum Gasteiger partial charge on any atom is -0.350 e. The number of amides is 2. The third kappa shape index (κ3) is 3.30. The van der Waals surface area contributed by atoms with E-state index < -0.39 is 0 Å². The van der Waals surface area contributed by atoms with Gasteiger partial charge in [0.05, 0.1) is 5.57 Å². The minimum atomic E-state index is -0.292. The molecule has 0 bridgehead atoms. The molecule has 0 saturated heterocycles. The molecule has 1 aliphatic rings. The largest absolute Gasteiger partial charge is 0.350 e. The van der Waals surface area contributed by atoms with Crippen molar-refractivity contribution in [2.75, 3.05) is 11.9 Å². The maximum atomic E-state index is 12.8. The molecule has 1 N–H and O–H groups in total. The lowest BCUT2D eigenvalue weighted by Crippen LogP contribution is -2.33. The van der Waals surface area contributed by atoms with E-state index in [4.69, 9.17) is 11.6 Å². The highest BCUT2D eigenvalue weighted by Crippen LogP contribution is 2.31. The Morgan fingerprint density at radius 3 is 2.40 bits per heavy atom. The summed E-state index contributed by atoms with van der Waals surface area (Å²) in [4.78, 5) is 27.0. The number of imide groups is 1. The molecule has 0 atom stereocenters. The van der Waals surface area contributed by atoms with Crippen molar-refractivity contribution in [1.82, 2.24) is 4.90 Å². The van der Waals surface area contributed by atoms with Crippen LogP contribution in [0, 0.1) is 6.92 Å². The van der Waals surface area contributed by atoms with Crippen molar-refractivity contribution < 1.29 is 9.59 Å². The molecule has 0 aliphatic carbocycles. The molecule has 1 aliphatic heterocycles. The van der Waals surface area contributed by atoms with Gasteiger partial charge in [-0.3, -0.25) is 14.5 Å². The molecule has 4 nitrogen and oxygen atoms in total. The van der Waals surface area contributed by atoms with Gasteiger partial charge < -0.3 is 5.32 Å². The van der Waals surface area contributed by atoms with E-state index in [-0.39, 0.29) is 11.8 Å². The fraction of sp³-hybridized carbons (Fsp3) is 0.200. The van der Waals surface area contributed by atoms with Gasteiger partial charge >= 0.3 is 0 Å². The van der Waals surface area contributed by atoms with E-state index in [1.54, 1.807) is 6.07 Å². The summed E-state index contributed by atoms with van der Waals surface area (Å²) in [5.74, 6) is -0.549. The fourth-order valence-corrected chi connectivity index (χ4v) is 3.12. The summed E-state index contributed by atoms with van der Waals surface area (Å²) in [5, 5.41) is 3.79. The number of hydrogen-bond donors (Lipinski definition) is 1. The second kappa shape index (κ2) is 7.11. The lowest BCUT2D eigenvalue weighted by atomic mass is 10.0. The van der Waals surface area contributed by atoms with E-state index in [2.05, 4.69) is 5.32 Å². The molecule has 3 rings (SSSR count). The summed E-state index contributed by atoms with van der Waals surface area (Å²) in [6.45, 7) is 4.25. The number of rotatable bonds is 5. The van der Waals surface area contributed by atoms with E-state index in [1.807, 2.05) is 56.3 Å². The average molecular weight is 355 g/mol. The first-order valence-corrected chi connectivity index (χ1v) is 8.59. The first-order valence-electron chi connectivity index (χ1n) is 8.22. The van der Waals surface area contributed by atoms with Crippen molar-refractivity contribution in [3.05, 3.63) is 70.4 Å². The lowest BCUT2D eigenvalue weighted by Gasteiger charge is -2.14. The Bertz CT molecular complexity index is 859. The van der Waals surface area contributed by atoms with Gasteiger partial charge in [0, 0.05) is 17.3 Å². The quantitative estimate of drug-likeness (QED) is 0.816. The number of nitrogens with one attached hydrogen (secondary N) is 1. The molecule has 0 unspecified atom stereocenters. The van der Waals surface area contributed by atoms with Crippen LogP contribution in [0.2, 0.25) is 5.02 Å². The van der Waals surface area contributed by atoms with Crippen LogP contribution < -0.4 is 5.32 Å². The lowest BCUT2D eigenvalue weighted by molar-refractivity contribution is -0.136. The van der Waals surface area contributed by atoms with Gasteiger partial charge in [0.25, 0.3) is 11.8 Å². The molecule has 2 aromatic rings. The minimum absolute atomic E-state index is 0.257. The zero-order chi connectivity index (χ0) is 18.0. The smallest absolute Gasteiger partial charge is 0.278 e. The van der Waals surface area contributed by atoms with Gasteiger partial charge in [-0.1, -0.05) is 48.9 Å². The van der Waals surface area contributed by atoms with E-state index in [9.17, 15) is 9.59 Å². The SMILES string of the molecule is CCCN1C(=O)C(Nc2ccc(Cl)cc2C)=C(c2ccccc2)C1=O. The molecular formula is C20H19ClN2O2. The molecule has 2 amide bonds. The molecule has 128 valence electrons. The molecule has 2 aromatic carbocycles. The van der Waals surface area contributed by atoms with Crippen LogP contribution >= 0.6 is 11.6 Å². The van der Waals surface area contributed by atoms with Crippen molar-refractivity contribution in [2.24, 2.45) is 0 Å². The summed E-state index contributed by atoms with van der Waals surface area (Å²) < 4.78 is 0. The van der Waals surface area contributed by atoms with Gasteiger partial charge in [0.15, 0.2) is 0 Å². The van der Waals surface area contributed by atoms with Crippen LogP contribution in [0.3, 0.4) is 0 Å². The monoisotopic (exact) mass is 354 g/mol. The fourth-order valence-electron chi connectivity index (χ4n) is 2.89. The summed E-state index contributed by atoms with van der Waals surface area (Å²) in [6.07, 6.45) is 0.715. The average Bonchev–Trinajstić information content (AvgIpc) is 2.83. The van der Waals surface area contributed by atoms with Gasteiger partial charge in [-0.25, -0.2) is 0 Å². The summed E-state index contributed by atoms with van der Waals surface area (Å²) in [5.41, 5.74) is 3.12. The summed E-state index contributed by atoms with van der Waals surface area (Å²) in [7, 11) is 0. The van der Waals surface area contributed by atoms with Crippen LogP contribution in [0.15, 0.2) is 54.2 Å². The molecule has 0 radical (unpaired) electrons. The highest BCUT2D eigenvalue weighted by molar-refractivity contribution is 6.36. The van der Waals surface area contributed by atoms with E-state index in [0.717, 1.165) is 16.8 Å². The molecule has 0 spiro atoms. The second-order valence-electron chi connectivity index (χ2n) is 5.96. The number of aryl methyl sites for hydroxylation is 1. The van der Waals surface area contributed by atoms with Crippen LogP contribution in [0.1, 0.15) is 24.5 Å². The molecular weight excluding hydrogens is 336 g/mol. The van der Waals surface area contributed by atoms with Crippen molar-refractivity contribution in [1.29, 1.82) is 0 Å². The predicted molar refractivity (Wildman–Crippen MR) is 100 cm³/mol. The van der Waals surface area contributed by atoms with Crippen LogP contribution in [-0.4, -0.2) is 23.3 Å². The predicted octanol–water partition coefficient (Wildman–Crippen LogP) is 4.25. The third-order valence-corrected chi connectivity index (χ3v) is 4.36. The molecule has 5 heteroatoms. The van der Waals surface area contributed by atoms with Gasteiger partial charge in [-0.2, -0.15) is 0 Å².